The van der Waals surface area contributed by atoms with E-state index in [1.54, 1.807) is 19.9 Å². The van der Waals surface area contributed by atoms with Gasteiger partial charge < -0.3 is 25.7 Å². The van der Waals surface area contributed by atoms with Gasteiger partial charge in [-0.3, -0.25) is 43.7 Å². The molecule has 0 aliphatic heterocycles. The van der Waals surface area contributed by atoms with Crippen molar-refractivity contribution in [3.05, 3.63) is 75.4 Å². The number of fused-ring (bicyclic) bond motifs is 1. The predicted octanol–water partition coefficient (Wildman–Crippen LogP) is 4.39. The highest BCUT2D eigenvalue weighted by Gasteiger charge is 2.29. The molecule has 4 atom stereocenters. The Morgan fingerprint density at radius 1 is 0.782 bits per heavy atom. The molecular formula is C35H41BrF2N6O10S. The quantitative estimate of drug-likeness (QED) is 0.0736. The number of nitrogens with one attached hydrogen (secondary N) is 3. The fourth-order valence-electron chi connectivity index (χ4n) is 5.26. The number of thiazole rings is 1. The number of carbonyl (C=O) groups excluding carboxylic acids is 1. The minimum atomic E-state index is -1.35. The third kappa shape index (κ3) is 13.6. The minimum absolute atomic E-state index is 0.00900. The van der Waals surface area contributed by atoms with Crippen molar-refractivity contribution in [3.8, 4) is 5.69 Å². The first-order valence-electron chi connectivity index (χ1n) is 16.8. The van der Waals surface area contributed by atoms with Crippen LogP contribution < -0.4 is 21.6 Å². The molecule has 4 aromatic rings. The number of rotatable bonds is 18. The van der Waals surface area contributed by atoms with E-state index in [-0.39, 0.29) is 36.9 Å². The smallest absolute Gasteiger partial charge is 0.332 e. The number of carbonyl (C=O) groups is 5. The van der Waals surface area contributed by atoms with Crippen LogP contribution in [0.1, 0.15) is 47.0 Å². The molecule has 20 heteroatoms. The Hall–Kier alpha value is -5.05. The monoisotopic (exact) mass is 854 g/mol. The summed E-state index contributed by atoms with van der Waals surface area (Å²) >= 11 is 4.63. The first kappa shape index (κ1) is 44.3. The van der Waals surface area contributed by atoms with E-state index in [0.717, 1.165) is 30.4 Å². The lowest BCUT2D eigenvalue weighted by atomic mass is 10.0. The predicted molar refractivity (Wildman–Crippen MR) is 201 cm³/mol. The van der Waals surface area contributed by atoms with E-state index in [0.29, 0.717) is 16.7 Å². The Balaban J connectivity index is 0.000000296. The van der Waals surface area contributed by atoms with Crippen molar-refractivity contribution in [2.24, 2.45) is 11.8 Å². The number of hydrogen-bond acceptors (Lipinski definition) is 10. The summed E-state index contributed by atoms with van der Waals surface area (Å²) in [6.07, 6.45) is 2.57. The minimum Gasteiger partial charge on any atom is -0.480 e. The van der Waals surface area contributed by atoms with Crippen LogP contribution in [0.4, 0.5) is 13.9 Å². The van der Waals surface area contributed by atoms with Gasteiger partial charge in [0.25, 0.3) is 0 Å². The van der Waals surface area contributed by atoms with Gasteiger partial charge in [-0.15, -0.1) is 0 Å². The molecule has 2 aromatic heterocycles. The molecule has 0 saturated heterocycles. The number of amides is 1. The lowest BCUT2D eigenvalue weighted by molar-refractivity contribution is -0.145. The number of aliphatic carboxylic acids is 4. The summed E-state index contributed by atoms with van der Waals surface area (Å²) in [7, 11) is 0. The maximum Gasteiger partial charge on any atom is 0.332 e. The summed E-state index contributed by atoms with van der Waals surface area (Å²) in [6, 6.07) is 3.29. The summed E-state index contributed by atoms with van der Waals surface area (Å²) in [5, 5.41) is 45.3. The summed E-state index contributed by atoms with van der Waals surface area (Å²) in [4.78, 5) is 74.7. The molecule has 0 spiro atoms. The maximum atomic E-state index is 13.4. The lowest BCUT2D eigenvalue weighted by Gasteiger charge is -2.21. The fraction of sp³-hybridized carbons (Fsp3) is 0.400. The number of nitrogens with zero attached hydrogens (tertiary/aromatic N) is 3. The van der Waals surface area contributed by atoms with Gasteiger partial charge in [0.2, 0.25) is 5.91 Å². The molecule has 0 aliphatic rings. The van der Waals surface area contributed by atoms with Gasteiger partial charge >= 0.3 is 29.6 Å². The van der Waals surface area contributed by atoms with Crippen LogP contribution in [0.3, 0.4) is 0 Å². The van der Waals surface area contributed by atoms with E-state index in [1.165, 1.54) is 23.7 Å². The van der Waals surface area contributed by atoms with Gasteiger partial charge in [0.1, 0.15) is 35.8 Å². The zero-order valence-corrected chi connectivity index (χ0v) is 32.4. The Kier molecular flexibility index (Phi) is 16.2. The van der Waals surface area contributed by atoms with Crippen molar-refractivity contribution < 1.29 is 53.2 Å². The molecule has 4 rings (SSSR count). The van der Waals surface area contributed by atoms with Crippen molar-refractivity contribution in [3.63, 3.8) is 0 Å². The Morgan fingerprint density at radius 3 is 1.82 bits per heavy atom. The van der Waals surface area contributed by atoms with Crippen molar-refractivity contribution >= 4 is 72.4 Å². The molecule has 298 valence electrons. The second-order valence-electron chi connectivity index (χ2n) is 13.3. The van der Waals surface area contributed by atoms with Crippen molar-refractivity contribution in [1.29, 1.82) is 0 Å². The van der Waals surface area contributed by atoms with Gasteiger partial charge in [-0.1, -0.05) is 55.0 Å². The number of anilines is 1. The van der Waals surface area contributed by atoms with E-state index >= 15 is 0 Å². The molecule has 7 N–H and O–H groups in total. The second kappa shape index (κ2) is 20.0. The molecule has 0 bridgehead atoms. The lowest BCUT2D eigenvalue weighted by Crippen LogP contribution is -2.50. The highest BCUT2D eigenvalue weighted by Crippen LogP contribution is 2.28. The maximum absolute atomic E-state index is 13.4. The summed E-state index contributed by atoms with van der Waals surface area (Å²) in [5.74, 6) is -7.16. The van der Waals surface area contributed by atoms with Crippen molar-refractivity contribution in [2.45, 2.75) is 77.7 Å². The summed E-state index contributed by atoms with van der Waals surface area (Å²) in [6.45, 7) is 6.92. The second-order valence-corrected chi connectivity index (χ2v) is 15.2. The van der Waals surface area contributed by atoms with Crippen LogP contribution in [0.5, 0.6) is 0 Å². The highest BCUT2D eigenvalue weighted by molar-refractivity contribution is 9.10. The number of hydrogen-bond donors (Lipinski definition) is 7. The van der Waals surface area contributed by atoms with Crippen molar-refractivity contribution in [2.75, 3.05) is 5.32 Å². The molecule has 1 amide bonds. The fourth-order valence-corrected chi connectivity index (χ4v) is 6.69. The van der Waals surface area contributed by atoms with Gasteiger partial charge in [-0.2, -0.15) is 0 Å². The van der Waals surface area contributed by atoms with E-state index in [9.17, 15) is 58.0 Å². The molecule has 0 fully saturated rings. The standard InChI is InChI=1S/C18H21F2N3O5.C17H20BrN3O5S/c1-10(2)5-14(16(24)25)21-15(17(26)27)9-22-3-4-23(18(22)28)13-7-11(19)6-12(20)8-13;1-8(2)5-11(15(23)24)19-12(16(25)26)7-14(22)21-17-20-10-4-3-9(18)6-13(10)27-17/h3-4,6-8,10,14-15,21H,5,9H2,1-2H3,(H,24,25)(H,26,27);3-4,6,8,11-12,19H,5,7H2,1-2H3,(H,23,24)(H,25,26)(H,20,21,22). The SMILES string of the molecule is CC(C)CC(NC(CC(=O)Nc1nc2ccc(Br)cc2s1)C(=O)O)C(=O)O.CC(C)CC(NC(Cn1ccn(-c2cc(F)cc(F)c2)c1=O)C(=O)O)C(=O)O. The van der Waals surface area contributed by atoms with Gasteiger partial charge in [0.15, 0.2) is 5.13 Å². The molecular weight excluding hydrogens is 814 g/mol. The molecule has 16 nitrogen and oxygen atoms in total. The largest absolute Gasteiger partial charge is 0.480 e. The number of imidazole rings is 1. The van der Waals surface area contributed by atoms with E-state index in [4.69, 9.17) is 0 Å². The zero-order valence-electron chi connectivity index (χ0n) is 30.0. The molecule has 4 unspecified atom stereocenters. The van der Waals surface area contributed by atoms with E-state index in [1.807, 2.05) is 26.0 Å². The third-order valence-electron chi connectivity index (χ3n) is 7.75. The van der Waals surface area contributed by atoms with Crippen LogP contribution in [0.2, 0.25) is 0 Å². The van der Waals surface area contributed by atoms with Gasteiger partial charge in [-0.05, 0) is 55.0 Å². The average molecular weight is 856 g/mol. The van der Waals surface area contributed by atoms with Gasteiger partial charge in [-0.25, -0.2) is 18.6 Å². The molecule has 0 radical (unpaired) electrons. The summed E-state index contributed by atoms with van der Waals surface area (Å²) < 4.78 is 30.5. The highest BCUT2D eigenvalue weighted by atomic mass is 79.9. The zero-order chi connectivity index (χ0) is 41.1. The number of aromatic nitrogens is 3. The molecule has 0 saturated carbocycles. The Labute approximate surface area is 325 Å². The normalized spacial score (nSPS) is 13.5. The summed E-state index contributed by atoms with van der Waals surface area (Å²) in [5.41, 5.74) is -0.0487. The number of carboxylic acid groups (broad SMARTS) is 4. The van der Waals surface area contributed by atoms with Crippen LogP contribution >= 0.6 is 27.3 Å². The number of benzene rings is 2. The van der Waals surface area contributed by atoms with Gasteiger partial charge in [0.05, 0.1) is 28.9 Å². The van der Waals surface area contributed by atoms with E-state index < -0.39 is 77.7 Å². The first-order valence-corrected chi connectivity index (χ1v) is 18.4. The van der Waals surface area contributed by atoms with E-state index in [2.05, 4.69) is 36.9 Å². The number of halogens is 3. The van der Waals surface area contributed by atoms with Crippen LogP contribution in [-0.4, -0.2) is 88.5 Å². The molecule has 0 aliphatic carbocycles. The third-order valence-corrected chi connectivity index (χ3v) is 9.18. The van der Waals surface area contributed by atoms with Crippen LogP contribution in [0.15, 0.2) is 58.1 Å². The first-order chi connectivity index (χ1) is 25.7. The van der Waals surface area contributed by atoms with Crippen LogP contribution in [0, 0.1) is 23.5 Å². The topological polar surface area (TPSA) is 242 Å². The van der Waals surface area contributed by atoms with Crippen LogP contribution in [0.25, 0.3) is 15.9 Å². The number of carboxylic acids is 4. The molecule has 55 heavy (non-hydrogen) atoms. The molecule has 2 heterocycles. The van der Waals surface area contributed by atoms with Crippen LogP contribution in [-0.2, 0) is 30.5 Å². The Bertz CT molecular complexity index is 2050. The van der Waals surface area contributed by atoms with Gasteiger partial charge in [0, 0.05) is 22.9 Å². The van der Waals surface area contributed by atoms with Crippen molar-refractivity contribution in [1.82, 2.24) is 24.8 Å². The average Bonchev–Trinajstić information content (AvgIpc) is 3.63. The Morgan fingerprint density at radius 2 is 1.31 bits per heavy atom. The molecule has 2 aromatic carbocycles.